The predicted octanol–water partition coefficient (Wildman–Crippen LogP) is 2.08. The molecular formula is C12H27NO2S. The first kappa shape index (κ1) is 15.9. The lowest BCUT2D eigenvalue weighted by atomic mass is 9.87. The minimum absolute atomic E-state index is 0.325. The zero-order valence-electron chi connectivity index (χ0n) is 11.3. The van der Waals surface area contributed by atoms with E-state index in [1.54, 1.807) is 0 Å². The van der Waals surface area contributed by atoms with E-state index in [0.29, 0.717) is 29.4 Å². The summed E-state index contributed by atoms with van der Waals surface area (Å²) in [7, 11) is -0.899. The predicted molar refractivity (Wildman–Crippen MR) is 70.4 cm³/mol. The molecule has 16 heavy (non-hydrogen) atoms. The fourth-order valence-corrected chi connectivity index (χ4v) is 3.56. The molecule has 0 aromatic carbocycles. The number of hydrogen-bond acceptors (Lipinski definition) is 3. The third kappa shape index (κ3) is 5.85. The Morgan fingerprint density at radius 2 is 1.69 bits per heavy atom. The van der Waals surface area contributed by atoms with Gasteiger partial charge in [-0.15, -0.1) is 0 Å². The van der Waals surface area contributed by atoms with Gasteiger partial charge in [-0.25, -0.2) is 8.42 Å². The maximum absolute atomic E-state index is 11.6. The summed E-state index contributed by atoms with van der Waals surface area (Å²) in [5.74, 6) is 1.59. The fraction of sp³-hybridized carbons (Fsp3) is 1.00. The van der Waals surface area contributed by atoms with Crippen molar-refractivity contribution in [1.29, 1.82) is 0 Å². The third-order valence-corrected chi connectivity index (χ3v) is 5.12. The number of sulfone groups is 1. The Bertz CT molecular complexity index is 273. The van der Waals surface area contributed by atoms with Crippen molar-refractivity contribution in [3.8, 4) is 0 Å². The lowest BCUT2D eigenvalue weighted by molar-refractivity contribution is 0.294. The summed E-state index contributed by atoms with van der Waals surface area (Å²) in [6, 6.07) is 0.372. The first-order valence-electron chi connectivity index (χ1n) is 6.21. The Hall–Kier alpha value is -0.0900. The normalized spacial score (nSPS) is 16.4. The van der Waals surface area contributed by atoms with Crippen LogP contribution in [0.4, 0.5) is 0 Å². The van der Waals surface area contributed by atoms with Crippen molar-refractivity contribution in [2.75, 3.05) is 18.6 Å². The van der Waals surface area contributed by atoms with Crippen molar-refractivity contribution in [3.63, 3.8) is 0 Å². The van der Waals surface area contributed by atoms with Crippen LogP contribution in [0, 0.1) is 11.8 Å². The molecule has 1 N–H and O–H groups in total. The lowest BCUT2D eigenvalue weighted by Crippen LogP contribution is -2.35. The first-order valence-corrected chi connectivity index (χ1v) is 8.03. The second kappa shape index (κ2) is 7.28. The molecule has 0 aliphatic rings. The largest absolute Gasteiger partial charge is 0.317 e. The highest BCUT2D eigenvalue weighted by Crippen LogP contribution is 2.20. The van der Waals surface area contributed by atoms with Crippen LogP contribution in [0.5, 0.6) is 0 Å². The molecule has 0 aliphatic carbocycles. The molecule has 0 spiro atoms. The fourth-order valence-electron chi connectivity index (χ4n) is 2.10. The standard InChI is InChI=1S/C12H27NO2S/c1-6-8-16(14,15)9-7-12(10(2)3)11(4)13-5/h10-13H,6-9H2,1-5H3. The topological polar surface area (TPSA) is 46.2 Å². The molecule has 0 rings (SSSR count). The van der Waals surface area contributed by atoms with Gasteiger partial charge in [0.2, 0.25) is 0 Å². The molecule has 0 fully saturated rings. The van der Waals surface area contributed by atoms with E-state index in [4.69, 9.17) is 0 Å². The Balaban J connectivity index is 4.33. The number of hydrogen-bond donors (Lipinski definition) is 1. The molecule has 3 nitrogen and oxygen atoms in total. The average Bonchev–Trinajstić information content (AvgIpc) is 2.16. The molecule has 0 bridgehead atoms. The highest BCUT2D eigenvalue weighted by Gasteiger charge is 2.22. The average molecular weight is 249 g/mol. The van der Waals surface area contributed by atoms with E-state index in [0.717, 1.165) is 12.8 Å². The van der Waals surface area contributed by atoms with Crippen LogP contribution in [0.1, 0.15) is 40.5 Å². The molecule has 0 saturated carbocycles. The van der Waals surface area contributed by atoms with Crippen LogP contribution in [-0.4, -0.2) is 33.0 Å². The second-order valence-corrected chi connectivity index (χ2v) is 7.23. The maximum Gasteiger partial charge on any atom is 0.150 e. The van der Waals surface area contributed by atoms with Crippen LogP contribution in [-0.2, 0) is 9.84 Å². The SMILES string of the molecule is CCCS(=O)(=O)CCC(C(C)C)C(C)NC. The highest BCUT2D eigenvalue weighted by atomic mass is 32.2. The van der Waals surface area contributed by atoms with E-state index in [1.165, 1.54) is 0 Å². The third-order valence-electron chi connectivity index (χ3n) is 3.23. The summed E-state index contributed by atoms with van der Waals surface area (Å²) < 4.78 is 23.3. The summed E-state index contributed by atoms with van der Waals surface area (Å²) in [5, 5.41) is 3.22. The van der Waals surface area contributed by atoms with Crippen molar-refractivity contribution in [2.24, 2.45) is 11.8 Å². The highest BCUT2D eigenvalue weighted by molar-refractivity contribution is 7.91. The molecule has 0 radical (unpaired) electrons. The monoisotopic (exact) mass is 249 g/mol. The van der Waals surface area contributed by atoms with Gasteiger partial charge < -0.3 is 5.32 Å². The van der Waals surface area contributed by atoms with E-state index >= 15 is 0 Å². The Morgan fingerprint density at radius 1 is 1.12 bits per heavy atom. The van der Waals surface area contributed by atoms with Gasteiger partial charge in [-0.05, 0) is 38.6 Å². The van der Waals surface area contributed by atoms with Gasteiger partial charge >= 0.3 is 0 Å². The van der Waals surface area contributed by atoms with E-state index in [-0.39, 0.29) is 0 Å². The van der Waals surface area contributed by atoms with Crippen LogP contribution in [0.25, 0.3) is 0 Å². The Kier molecular flexibility index (Phi) is 7.24. The summed E-state index contributed by atoms with van der Waals surface area (Å²) >= 11 is 0. The molecule has 0 aliphatic heterocycles. The van der Waals surface area contributed by atoms with Crippen LogP contribution in [0.3, 0.4) is 0 Å². The lowest BCUT2D eigenvalue weighted by Gasteiger charge is -2.27. The van der Waals surface area contributed by atoms with Crippen molar-refractivity contribution in [3.05, 3.63) is 0 Å². The summed E-state index contributed by atoms with van der Waals surface area (Å²) in [5.41, 5.74) is 0. The zero-order chi connectivity index (χ0) is 12.8. The summed E-state index contributed by atoms with van der Waals surface area (Å²) in [6.45, 7) is 8.35. The molecule has 98 valence electrons. The molecule has 4 heteroatoms. The van der Waals surface area contributed by atoms with Crippen molar-refractivity contribution < 1.29 is 8.42 Å². The van der Waals surface area contributed by atoms with E-state index < -0.39 is 9.84 Å². The molecule has 0 saturated heterocycles. The van der Waals surface area contributed by atoms with Crippen molar-refractivity contribution in [2.45, 2.75) is 46.6 Å². The van der Waals surface area contributed by atoms with Crippen LogP contribution < -0.4 is 5.32 Å². The Labute approximate surface area is 101 Å². The molecule has 0 heterocycles. The molecular weight excluding hydrogens is 222 g/mol. The summed E-state index contributed by atoms with van der Waals surface area (Å²) in [6.07, 6.45) is 1.48. The number of rotatable bonds is 8. The second-order valence-electron chi connectivity index (χ2n) is 4.93. The minimum Gasteiger partial charge on any atom is -0.317 e. The molecule has 0 aromatic rings. The van der Waals surface area contributed by atoms with Gasteiger partial charge in [0, 0.05) is 11.8 Å². The van der Waals surface area contributed by atoms with E-state index in [2.05, 4.69) is 26.1 Å². The van der Waals surface area contributed by atoms with Crippen LogP contribution in [0.15, 0.2) is 0 Å². The molecule has 0 aromatic heterocycles. The number of nitrogens with one attached hydrogen (secondary N) is 1. The van der Waals surface area contributed by atoms with Gasteiger partial charge in [0.05, 0.1) is 5.75 Å². The molecule has 2 unspecified atom stereocenters. The van der Waals surface area contributed by atoms with Gasteiger partial charge in [-0.3, -0.25) is 0 Å². The molecule has 0 amide bonds. The maximum atomic E-state index is 11.6. The van der Waals surface area contributed by atoms with Gasteiger partial charge in [-0.1, -0.05) is 20.8 Å². The van der Waals surface area contributed by atoms with Crippen LogP contribution in [0.2, 0.25) is 0 Å². The minimum atomic E-state index is -2.83. The summed E-state index contributed by atoms with van der Waals surface area (Å²) in [4.78, 5) is 0. The Morgan fingerprint density at radius 3 is 2.06 bits per heavy atom. The smallest absolute Gasteiger partial charge is 0.150 e. The van der Waals surface area contributed by atoms with Gasteiger partial charge in [0.25, 0.3) is 0 Å². The van der Waals surface area contributed by atoms with Crippen LogP contribution >= 0.6 is 0 Å². The van der Waals surface area contributed by atoms with Gasteiger partial charge in [-0.2, -0.15) is 0 Å². The molecule has 2 atom stereocenters. The van der Waals surface area contributed by atoms with Gasteiger partial charge in [0.1, 0.15) is 9.84 Å². The van der Waals surface area contributed by atoms with E-state index in [9.17, 15) is 8.42 Å². The zero-order valence-corrected chi connectivity index (χ0v) is 12.1. The van der Waals surface area contributed by atoms with Crippen molar-refractivity contribution in [1.82, 2.24) is 5.32 Å². The van der Waals surface area contributed by atoms with Gasteiger partial charge in [0.15, 0.2) is 0 Å². The first-order chi connectivity index (χ1) is 7.34. The quantitative estimate of drug-likeness (QED) is 0.716. The van der Waals surface area contributed by atoms with E-state index in [1.807, 2.05) is 14.0 Å². The van der Waals surface area contributed by atoms with Crippen molar-refractivity contribution >= 4 is 9.84 Å².